The predicted octanol–water partition coefficient (Wildman–Crippen LogP) is 4.43. The molecule has 1 spiro atoms. The van der Waals surface area contributed by atoms with Crippen LogP contribution in [0, 0.1) is 35.5 Å². The van der Waals surface area contributed by atoms with Gasteiger partial charge in [-0.05, 0) is 37.0 Å². The minimum atomic E-state index is -6.00. The second-order valence-corrected chi connectivity index (χ2v) is 12.8. The Balaban J connectivity index is 0.000000201. The van der Waals surface area contributed by atoms with E-state index in [4.69, 9.17) is 0 Å². The molecule has 0 aromatic carbocycles. The predicted molar refractivity (Wildman–Crippen MR) is 85.4 cm³/mol. The van der Waals surface area contributed by atoms with Crippen LogP contribution in [0.2, 0.25) is 0 Å². The molecule has 2 heterocycles. The number of thioether (sulfide) groups is 1. The van der Waals surface area contributed by atoms with E-state index < -0.39 is 7.25 Å². The van der Waals surface area contributed by atoms with Crippen LogP contribution in [0.3, 0.4) is 0 Å². The van der Waals surface area contributed by atoms with Gasteiger partial charge in [-0.25, -0.2) is 0 Å². The van der Waals surface area contributed by atoms with Crippen LogP contribution in [0.4, 0.5) is 17.3 Å². The molecule has 0 N–H and O–H groups in total. The van der Waals surface area contributed by atoms with E-state index in [0.717, 1.165) is 19.7 Å². The lowest BCUT2D eigenvalue weighted by molar-refractivity contribution is 0.221. The van der Waals surface area contributed by atoms with Crippen molar-refractivity contribution in [2.45, 2.75) is 41.4 Å². The molecule has 6 rings (SSSR count). The molecule has 4 aliphatic carbocycles. The van der Waals surface area contributed by atoms with Gasteiger partial charge in [0, 0.05) is 47.7 Å². The van der Waals surface area contributed by atoms with Crippen LogP contribution < -0.4 is 0 Å². The van der Waals surface area contributed by atoms with Crippen LogP contribution in [0.25, 0.3) is 0 Å². The van der Waals surface area contributed by atoms with Crippen LogP contribution in [0.1, 0.15) is 32.6 Å². The Labute approximate surface area is 136 Å². The third kappa shape index (κ3) is 1.57. The Morgan fingerprint density at radius 2 is 1.64 bits per heavy atom. The van der Waals surface area contributed by atoms with Crippen molar-refractivity contribution >= 4 is 29.9 Å². The second-order valence-electron chi connectivity index (χ2n) is 8.27. The average molecular weight is 352 g/mol. The monoisotopic (exact) mass is 352 g/mol. The maximum Gasteiger partial charge on any atom is 0.673 e. The quantitative estimate of drug-likeness (QED) is 0.353. The molecule has 4 saturated carbocycles. The van der Waals surface area contributed by atoms with Crippen LogP contribution in [-0.2, 0) is 10.9 Å². The molecule has 0 radical (unpaired) electrons. The molecule has 0 nitrogen and oxygen atoms in total. The first-order valence-corrected chi connectivity index (χ1v) is 10.9. The Hall–Kier alpha value is 0.485. The van der Waals surface area contributed by atoms with Gasteiger partial charge in [0.05, 0.1) is 0 Å². The van der Waals surface area contributed by atoms with Gasteiger partial charge in [-0.15, -0.1) is 11.8 Å². The number of hydrogen-bond donors (Lipinski definition) is 0. The van der Waals surface area contributed by atoms with Crippen LogP contribution in [0.5, 0.6) is 0 Å². The Morgan fingerprint density at radius 1 is 1.00 bits per heavy atom. The highest BCUT2D eigenvalue weighted by Crippen LogP contribution is 2.85. The van der Waals surface area contributed by atoms with Crippen molar-refractivity contribution in [2.75, 3.05) is 11.5 Å². The largest absolute Gasteiger partial charge is 0.673 e. The van der Waals surface area contributed by atoms with Crippen molar-refractivity contribution in [2.24, 2.45) is 35.5 Å². The van der Waals surface area contributed by atoms with E-state index in [1.165, 1.54) is 47.7 Å². The molecule has 7 heteroatoms. The lowest BCUT2D eigenvalue weighted by atomic mass is 9.78. The van der Waals surface area contributed by atoms with Crippen molar-refractivity contribution < 1.29 is 17.3 Å². The highest BCUT2D eigenvalue weighted by molar-refractivity contribution is 8.18. The van der Waals surface area contributed by atoms with E-state index in [-0.39, 0.29) is 0 Å². The van der Waals surface area contributed by atoms with E-state index in [2.05, 4.69) is 18.7 Å². The molecule has 124 valence electrons. The summed E-state index contributed by atoms with van der Waals surface area (Å²) >= 11 is 2.47. The third-order valence-electron chi connectivity index (χ3n) is 7.70. The number of fused-ring (bicyclic) bond motifs is 2. The summed E-state index contributed by atoms with van der Waals surface area (Å²) in [6.45, 7) is 2.74. The zero-order valence-corrected chi connectivity index (χ0v) is 14.2. The highest BCUT2D eigenvalue weighted by atomic mass is 32.2. The van der Waals surface area contributed by atoms with Gasteiger partial charge in [0.2, 0.25) is 0 Å². The normalized spacial score (nSPS) is 62.3. The maximum absolute atomic E-state index is 9.75. The smallest absolute Gasteiger partial charge is 0.418 e. The van der Waals surface area contributed by atoms with Crippen LogP contribution in [-0.4, -0.2) is 27.6 Å². The molecule has 9 atom stereocenters. The van der Waals surface area contributed by atoms with Crippen molar-refractivity contribution in [1.29, 1.82) is 0 Å². The topological polar surface area (TPSA) is 0 Å². The molecule has 6 aliphatic rings. The van der Waals surface area contributed by atoms with Crippen LogP contribution >= 0.6 is 11.8 Å². The Kier molecular flexibility index (Phi) is 2.81. The number of hydrogen-bond acceptors (Lipinski definition) is 1. The fourth-order valence-electron chi connectivity index (χ4n) is 7.77. The van der Waals surface area contributed by atoms with Gasteiger partial charge in [-0.1, -0.05) is 0 Å². The van der Waals surface area contributed by atoms with E-state index in [0.29, 0.717) is 0 Å². The van der Waals surface area contributed by atoms with Crippen molar-refractivity contribution in [1.82, 2.24) is 0 Å². The molecule has 6 fully saturated rings. The summed E-state index contributed by atoms with van der Waals surface area (Å²) in [7, 11) is -5.19. The van der Waals surface area contributed by atoms with E-state index in [1.54, 1.807) is 25.0 Å². The Bertz CT molecular complexity index is 518. The summed E-state index contributed by atoms with van der Waals surface area (Å²) in [5.41, 5.74) is 0. The SMILES string of the molecule is CC12CC3C4CC5(SCCC[S+]15)C1C4CC3C12.F[B-](F)(F)F. The molecule has 2 saturated heterocycles. The molecular weight excluding hydrogens is 331 g/mol. The molecule has 0 aromatic rings. The maximum atomic E-state index is 9.75. The minimum Gasteiger partial charge on any atom is -0.418 e. The zero-order valence-electron chi connectivity index (χ0n) is 12.6. The Morgan fingerprint density at radius 3 is 2.36 bits per heavy atom. The second kappa shape index (κ2) is 4.17. The fraction of sp³-hybridized carbons (Fsp3) is 1.00. The van der Waals surface area contributed by atoms with Gasteiger partial charge >= 0.3 is 7.25 Å². The lowest BCUT2D eigenvalue weighted by Crippen LogP contribution is -2.45. The minimum absolute atomic E-state index is 0.811. The van der Waals surface area contributed by atoms with E-state index >= 15 is 0 Å². The molecule has 9 unspecified atom stereocenters. The van der Waals surface area contributed by atoms with Gasteiger partial charge in [-0.2, -0.15) is 0 Å². The van der Waals surface area contributed by atoms with Crippen molar-refractivity contribution in [3.63, 3.8) is 0 Å². The third-order valence-corrected chi connectivity index (χ3v) is 13.6. The van der Waals surface area contributed by atoms with Gasteiger partial charge in [-0.3, -0.25) is 0 Å². The molecule has 2 aliphatic heterocycles. The molecule has 0 aromatic heterocycles. The van der Waals surface area contributed by atoms with Gasteiger partial charge < -0.3 is 17.3 Å². The number of halogens is 4. The molecule has 2 bridgehead atoms. The van der Waals surface area contributed by atoms with Gasteiger partial charge in [0.15, 0.2) is 4.08 Å². The van der Waals surface area contributed by atoms with Crippen molar-refractivity contribution in [3.8, 4) is 0 Å². The van der Waals surface area contributed by atoms with Gasteiger partial charge in [0.25, 0.3) is 0 Å². The van der Waals surface area contributed by atoms with Gasteiger partial charge in [0.1, 0.15) is 10.5 Å². The first-order valence-electron chi connectivity index (χ1n) is 8.48. The summed E-state index contributed by atoms with van der Waals surface area (Å²) < 4.78 is 40.7. The van der Waals surface area contributed by atoms with Crippen molar-refractivity contribution in [3.05, 3.63) is 0 Å². The first-order chi connectivity index (χ1) is 10.3. The lowest BCUT2D eigenvalue weighted by Gasteiger charge is -2.35. The number of rotatable bonds is 0. The zero-order chi connectivity index (χ0) is 15.5. The van der Waals surface area contributed by atoms with E-state index in [1.807, 2.05) is 0 Å². The van der Waals surface area contributed by atoms with Crippen LogP contribution in [0.15, 0.2) is 0 Å². The summed E-state index contributed by atoms with van der Waals surface area (Å²) in [5.74, 6) is 10.3. The fourth-order valence-corrected chi connectivity index (χ4v) is 15.2. The first kappa shape index (κ1) is 14.8. The van der Waals surface area contributed by atoms with E-state index in [9.17, 15) is 17.3 Å². The summed E-state index contributed by atoms with van der Waals surface area (Å²) in [6, 6.07) is 0. The highest BCUT2D eigenvalue weighted by Gasteiger charge is 2.89. The molecule has 22 heavy (non-hydrogen) atoms. The average Bonchev–Trinajstić information content (AvgIpc) is 3.05. The molecular formula is C15H21BF4S2. The summed E-state index contributed by atoms with van der Waals surface area (Å²) in [6.07, 6.45) is 6.53. The summed E-state index contributed by atoms with van der Waals surface area (Å²) in [4.78, 5) is 0. The summed E-state index contributed by atoms with van der Waals surface area (Å²) in [5, 5.41) is 0. The molecule has 0 amide bonds. The standard InChI is InChI=1S/C15H21S2.BF4/c1-14-6-10-8-5-9-11(10)7-15(13(9)12(8)14)16-3-2-4-17(14)15;2-1(3,4)5/h8-13H,2-7H2,1H3;/q+1;-1.